The van der Waals surface area contributed by atoms with E-state index < -0.39 is 12.2 Å². The molecular formula is C23H33N5O2. The van der Waals surface area contributed by atoms with Crippen molar-refractivity contribution < 1.29 is 9.59 Å². The van der Waals surface area contributed by atoms with E-state index in [9.17, 15) is 9.59 Å². The Morgan fingerprint density at radius 3 is 2.40 bits per heavy atom. The number of amides is 3. The first-order chi connectivity index (χ1) is 14.6. The van der Waals surface area contributed by atoms with Crippen molar-refractivity contribution in [3.05, 3.63) is 30.3 Å². The normalized spacial score (nSPS) is 23.2. The zero-order valence-electron chi connectivity index (χ0n) is 18.2. The number of anilines is 1. The summed E-state index contributed by atoms with van der Waals surface area (Å²) in [7, 11) is 1.77. The highest BCUT2D eigenvalue weighted by Crippen LogP contribution is 2.33. The molecule has 0 aromatic heterocycles. The van der Waals surface area contributed by atoms with Gasteiger partial charge in [0, 0.05) is 32.4 Å². The van der Waals surface area contributed by atoms with Crippen molar-refractivity contribution in [2.45, 2.75) is 64.1 Å². The molecule has 2 saturated heterocycles. The van der Waals surface area contributed by atoms with E-state index >= 15 is 0 Å². The Hall–Kier alpha value is -2.57. The van der Waals surface area contributed by atoms with Crippen molar-refractivity contribution >= 4 is 23.6 Å². The second kappa shape index (κ2) is 9.06. The molecule has 0 radical (unpaired) electrons. The average molecular weight is 412 g/mol. The predicted molar refractivity (Wildman–Crippen MR) is 118 cm³/mol. The molecule has 30 heavy (non-hydrogen) atoms. The Bertz CT molecular complexity index is 796. The summed E-state index contributed by atoms with van der Waals surface area (Å²) >= 11 is 0. The fourth-order valence-corrected chi connectivity index (χ4v) is 4.72. The first kappa shape index (κ1) is 20.7. The van der Waals surface area contributed by atoms with Crippen molar-refractivity contribution in [3.8, 4) is 0 Å². The van der Waals surface area contributed by atoms with Crippen LogP contribution in [0, 0.1) is 0 Å². The first-order valence-corrected chi connectivity index (χ1v) is 11.4. The molecule has 3 aliphatic rings. The smallest absolute Gasteiger partial charge is 0.325 e. The number of unbranched alkanes of at least 4 members (excludes halogenated alkanes) is 6. The number of guanidine groups is 1. The summed E-state index contributed by atoms with van der Waals surface area (Å²) in [4.78, 5) is 38.3. The van der Waals surface area contributed by atoms with Gasteiger partial charge in [0.05, 0.1) is 0 Å². The fraction of sp³-hybridized carbons (Fsp3) is 0.609. The molecule has 0 aliphatic carbocycles. The van der Waals surface area contributed by atoms with E-state index in [0.29, 0.717) is 6.54 Å². The van der Waals surface area contributed by atoms with Crippen LogP contribution >= 0.6 is 0 Å². The maximum Gasteiger partial charge on any atom is 0.328 e. The monoisotopic (exact) mass is 411 g/mol. The summed E-state index contributed by atoms with van der Waals surface area (Å²) in [6.45, 7) is 4.27. The number of likely N-dealkylation sites (N-methyl/N-ethyl adjacent to an activating group) is 1. The third-order valence-corrected chi connectivity index (χ3v) is 6.43. The molecule has 7 nitrogen and oxygen atoms in total. The molecule has 1 aromatic rings. The lowest BCUT2D eigenvalue weighted by Crippen LogP contribution is -2.64. The number of imide groups is 1. The van der Waals surface area contributed by atoms with E-state index in [1.807, 2.05) is 18.2 Å². The van der Waals surface area contributed by atoms with Crippen LogP contribution in [0.25, 0.3) is 0 Å². The third kappa shape index (κ3) is 3.77. The van der Waals surface area contributed by atoms with Gasteiger partial charge in [0.25, 0.3) is 5.91 Å². The topological polar surface area (TPSA) is 59.5 Å². The second-order valence-corrected chi connectivity index (χ2v) is 8.47. The molecule has 2 atom stereocenters. The number of carbonyl (C=O) groups is 2. The Morgan fingerprint density at radius 1 is 0.967 bits per heavy atom. The Morgan fingerprint density at radius 2 is 1.67 bits per heavy atom. The van der Waals surface area contributed by atoms with Crippen LogP contribution < -0.4 is 4.90 Å². The molecule has 1 aromatic carbocycles. The van der Waals surface area contributed by atoms with Gasteiger partial charge in [0.1, 0.15) is 0 Å². The van der Waals surface area contributed by atoms with Crippen LogP contribution in [-0.4, -0.2) is 71.5 Å². The lowest BCUT2D eigenvalue weighted by atomic mass is 10.1. The minimum Gasteiger partial charge on any atom is -0.325 e. The number of hydrogen-bond donors (Lipinski definition) is 0. The molecule has 3 heterocycles. The van der Waals surface area contributed by atoms with E-state index in [1.54, 1.807) is 11.9 Å². The number of fused-ring (bicyclic) bond motifs is 3. The van der Waals surface area contributed by atoms with Gasteiger partial charge in [-0.2, -0.15) is 0 Å². The Labute approximate surface area is 179 Å². The van der Waals surface area contributed by atoms with Gasteiger partial charge in [-0.05, 0) is 18.6 Å². The van der Waals surface area contributed by atoms with Crippen LogP contribution in [0.15, 0.2) is 35.3 Å². The van der Waals surface area contributed by atoms with Crippen LogP contribution in [0.1, 0.15) is 51.9 Å². The highest BCUT2D eigenvalue weighted by atomic mass is 16.2. The molecule has 0 saturated carbocycles. The van der Waals surface area contributed by atoms with Gasteiger partial charge in [-0.1, -0.05) is 63.6 Å². The standard InChI is InChI=1S/C23H33N5O2/c1-3-4-5-6-7-8-12-15-28-21(29)19-20(25(2)23(28)30)24-22-26(16-17-27(19)22)18-13-10-9-11-14-18/h9-11,13-14,19-20H,3-8,12,15-17H2,1-2H3. The zero-order chi connectivity index (χ0) is 21.1. The molecule has 2 unspecified atom stereocenters. The van der Waals surface area contributed by atoms with Crippen LogP contribution in [0.4, 0.5) is 10.5 Å². The second-order valence-electron chi connectivity index (χ2n) is 8.47. The number of aliphatic imine (C=N–C) groups is 1. The van der Waals surface area contributed by atoms with E-state index in [0.717, 1.165) is 37.6 Å². The summed E-state index contributed by atoms with van der Waals surface area (Å²) in [6.07, 6.45) is 7.71. The quantitative estimate of drug-likeness (QED) is 0.584. The minimum absolute atomic E-state index is 0.0947. The van der Waals surface area contributed by atoms with E-state index in [-0.39, 0.29) is 11.9 Å². The number of rotatable bonds is 9. The van der Waals surface area contributed by atoms with Gasteiger partial charge in [-0.15, -0.1) is 0 Å². The lowest BCUT2D eigenvalue weighted by molar-refractivity contribution is -0.137. The van der Waals surface area contributed by atoms with Crippen molar-refractivity contribution in [2.24, 2.45) is 4.99 Å². The molecule has 162 valence electrons. The number of para-hydroxylation sites is 1. The van der Waals surface area contributed by atoms with Gasteiger partial charge in [-0.25, -0.2) is 9.79 Å². The summed E-state index contributed by atoms with van der Waals surface area (Å²) < 4.78 is 0. The van der Waals surface area contributed by atoms with Gasteiger partial charge < -0.3 is 14.7 Å². The maximum absolute atomic E-state index is 13.3. The molecule has 2 fully saturated rings. The van der Waals surface area contributed by atoms with Crippen LogP contribution in [0.2, 0.25) is 0 Å². The third-order valence-electron chi connectivity index (χ3n) is 6.43. The molecule has 0 N–H and O–H groups in total. The van der Waals surface area contributed by atoms with E-state index in [2.05, 4.69) is 28.9 Å². The minimum atomic E-state index is -0.434. The molecule has 0 spiro atoms. The number of hydrogen-bond acceptors (Lipinski definition) is 5. The highest BCUT2D eigenvalue weighted by Gasteiger charge is 2.54. The molecular weight excluding hydrogens is 378 g/mol. The molecule has 7 heteroatoms. The van der Waals surface area contributed by atoms with Gasteiger partial charge in [0.15, 0.2) is 12.2 Å². The van der Waals surface area contributed by atoms with Gasteiger partial charge >= 0.3 is 6.03 Å². The van der Waals surface area contributed by atoms with Crippen LogP contribution in [-0.2, 0) is 4.79 Å². The number of carbonyl (C=O) groups excluding carboxylic acids is 2. The predicted octanol–water partition coefficient (Wildman–Crippen LogP) is 3.52. The van der Waals surface area contributed by atoms with Crippen molar-refractivity contribution in [2.75, 3.05) is 31.6 Å². The molecule has 4 rings (SSSR count). The summed E-state index contributed by atoms with van der Waals surface area (Å²) in [5.41, 5.74) is 1.07. The van der Waals surface area contributed by atoms with Crippen molar-refractivity contribution in [1.82, 2.24) is 14.7 Å². The van der Waals surface area contributed by atoms with Crippen molar-refractivity contribution in [1.29, 1.82) is 0 Å². The van der Waals surface area contributed by atoms with Crippen molar-refractivity contribution in [3.63, 3.8) is 0 Å². The van der Waals surface area contributed by atoms with Crippen LogP contribution in [0.5, 0.6) is 0 Å². The number of benzene rings is 1. The summed E-state index contributed by atoms with van der Waals surface area (Å²) in [5.74, 6) is 0.713. The molecule has 3 amide bonds. The van der Waals surface area contributed by atoms with Crippen LogP contribution in [0.3, 0.4) is 0 Å². The van der Waals surface area contributed by atoms with Gasteiger partial charge in [-0.3, -0.25) is 9.69 Å². The molecule has 3 aliphatic heterocycles. The zero-order valence-corrected chi connectivity index (χ0v) is 18.2. The largest absolute Gasteiger partial charge is 0.328 e. The Balaban J connectivity index is 1.40. The summed E-state index contributed by atoms with van der Waals surface area (Å²) in [6, 6.07) is 9.49. The number of nitrogens with zero attached hydrogens (tertiary/aromatic N) is 5. The lowest BCUT2D eigenvalue weighted by Gasteiger charge is -2.40. The highest BCUT2D eigenvalue weighted by molar-refractivity contribution is 6.07. The SMILES string of the molecule is CCCCCCCCCN1C(=O)C2C(N=C3N(c4ccccc4)CCN32)N(C)C1=O. The van der Waals surface area contributed by atoms with E-state index in [1.165, 1.54) is 37.0 Å². The Kier molecular flexibility index (Phi) is 6.25. The number of urea groups is 1. The first-order valence-electron chi connectivity index (χ1n) is 11.4. The average Bonchev–Trinajstić information content (AvgIpc) is 3.33. The summed E-state index contributed by atoms with van der Waals surface area (Å²) in [5, 5.41) is 0. The van der Waals surface area contributed by atoms with E-state index in [4.69, 9.17) is 4.99 Å². The van der Waals surface area contributed by atoms with Gasteiger partial charge in [0.2, 0.25) is 5.96 Å². The fourth-order valence-electron chi connectivity index (χ4n) is 4.72. The molecule has 0 bridgehead atoms. The maximum atomic E-state index is 13.3.